The van der Waals surface area contributed by atoms with Crippen LogP contribution in [0.25, 0.3) is 0 Å². The number of piperidine rings is 1. The van der Waals surface area contributed by atoms with Crippen molar-refractivity contribution in [2.45, 2.75) is 19.0 Å². The lowest BCUT2D eigenvalue weighted by Crippen LogP contribution is -2.45. The summed E-state index contributed by atoms with van der Waals surface area (Å²) in [6.45, 7) is 0.596. The number of para-hydroxylation sites is 1. The molecule has 0 unspecified atom stereocenters. The van der Waals surface area contributed by atoms with Gasteiger partial charge in [-0.2, -0.15) is 13.2 Å². The largest absolute Gasteiger partial charge is 0.391 e. The molecule has 6 heteroatoms. The van der Waals surface area contributed by atoms with Gasteiger partial charge in [-0.05, 0) is 25.0 Å². The van der Waals surface area contributed by atoms with Gasteiger partial charge in [0.15, 0.2) is 5.96 Å². The lowest BCUT2D eigenvalue weighted by Gasteiger charge is -2.33. The van der Waals surface area contributed by atoms with Crippen LogP contribution in [0.5, 0.6) is 0 Å². The zero-order valence-corrected chi connectivity index (χ0v) is 10.4. The summed E-state index contributed by atoms with van der Waals surface area (Å²) in [5.74, 6) is -0.930. The summed E-state index contributed by atoms with van der Waals surface area (Å²) in [6, 6.07) is 9.14. The van der Waals surface area contributed by atoms with Crippen molar-refractivity contribution >= 4 is 11.6 Å². The van der Waals surface area contributed by atoms with Crippen molar-refractivity contribution in [1.82, 2.24) is 4.90 Å². The molecule has 1 fully saturated rings. The van der Waals surface area contributed by atoms with Crippen molar-refractivity contribution in [2.75, 3.05) is 13.1 Å². The van der Waals surface area contributed by atoms with Gasteiger partial charge in [0.2, 0.25) is 0 Å². The first-order valence-electron chi connectivity index (χ1n) is 6.17. The molecule has 0 aromatic heterocycles. The van der Waals surface area contributed by atoms with Gasteiger partial charge < -0.3 is 10.6 Å². The van der Waals surface area contributed by atoms with Crippen molar-refractivity contribution in [2.24, 2.45) is 16.6 Å². The third-order valence-electron chi connectivity index (χ3n) is 3.28. The molecule has 0 bridgehead atoms. The number of aliphatic imine (C=N–C) groups is 1. The standard InChI is InChI=1S/C13H16F3N3/c14-13(15,16)10-6-8-19(9-7-10)12(17)18-11-4-2-1-3-5-11/h1-5,10H,6-9H2,(H2,17,18). The molecule has 0 aliphatic carbocycles. The maximum Gasteiger partial charge on any atom is 0.391 e. The Labute approximate surface area is 109 Å². The van der Waals surface area contributed by atoms with Crippen LogP contribution in [-0.2, 0) is 0 Å². The highest BCUT2D eigenvalue weighted by atomic mass is 19.4. The Bertz CT molecular complexity index is 434. The summed E-state index contributed by atoms with van der Waals surface area (Å²) < 4.78 is 37.6. The first-order chi connectivity index (χ1) is 8.97. The first-order valence-corrected chi connectivity index (χ1v) is 6.17. The zero-order valence-electron chi connectivity index (χ0n) is 10.4. The van der Waals surface area contributed by atoms with Gasteiger partial charge in [-0.25, -0.2) is 4.99 Å². The molecule has 3 nitrogen and oxygen atoms in total. The zero-order chi connectivity index (χ0) is 13.9. The van der Waals surface area contributed by atoms with Crippen LogP contribution in [0, 0.1) is 5.92 Å². The highest BCUT2D eigenvalue weighted by Crippen LogP contribution is 2.34. The van der Waals surface area contributed by atoms with Gasteiger partial charge >= 0.3 is 6.18 Å². The summed E-state index contributed by atoms with van der Waals surface area (Å²) in [4.78, 5) is 5.91. The van der Waals surface area contributed by atoms with Gasteiger partial charge in [-0.3, -0.25) is 0 Å². The Balaban J connectivity index is 1.96. The Hall–Kier alpha value is -1.72. The molecule has 0 amide bonds. The second-order valence-corrected chi connectivity index (χ2v) is 4.61. The Morgan fingerprint density at radius 1 is 1.16 bits per heavy atom. The number of likely N-dealkylation sites (tertiary alicyclic amines) is 1. The quantitative estimate of drug-likeness (QED) is 0.630. The van der Waals surface area contributed by atoms with Gasteiger partial charge in [0, 0.05) is 13.1 Å². The van der Waals surface area contributed by atoms with Crippen molar-refractivity contribution in [3.63, 3.8) is 0 Å². The monoisotopic (exact) mass is 271 g/mol. The van der Waals surface area contributed by atoms with E-state index in [1.807, 2.05) is 18.2 Å². The number of nitrogens with zero attached hydrogens (tertiary/aromatic N) is 2. The van der Waals surface area contributed by atoms with Crippen LogP contribution in [0.4, 0.5) is 18.9 Å². The highest BCUT2D eigenvalue weighted by molar-refractivity contribution is 5.81. The van der Waals surface area contributed by atoms with Crippen molar-refractivity contribution in [1.29, 1.82) is 0 Å². The van der Waals surface area contributed by atoms with Crippen LogP contribution in [0.2, 0.25) is 0 Å². The Morgan fingerprint density at radius 2 is 1.74 bits per heavy atom. The first kappa shape index (κ1) is 13.7. The maximum absolute atomic E-state index is 12.5. The third-order valence-corrected chi connectivity index (χ3v) is 3.28. The summed E-state index contributed by atoms with van der Waals surface area (Å²) in [5, 5.41) is 0. The van der Waals surface area contributed by atoms with Crippen LogP contribution >= 0.6 is 0 Å². The van der Waals surface area contributed by atoms with Crippen molar-refractivity contribution in [3.8, 4) is 0 Å². The highest BCUT2D eigenvalue weighted by Gasteiger charge is 2.41. The predicted octanol–water partition coefficient (Wildman–Crippen LogP) is 2.91. The molecule has 0 spiro atoms. The number of hydrogen-bond donors (Lipinski definition) is 1. The van der Waals surface area contributed by atoms with Crippen LogP contribution in [-0.4, -0.2) is 30.1 Å². The van der Waals surface area contributed by atoms with E-state index < -0.39 is 12.1 Å². The van der Waals surface area contributed by atoms with Crippen molar-refractivity contribution < 1.29 is 13.2 Å². The number of hydrogen-bond acceptors (Lipinski definition) is 1. The molecule has 0 saturated carbocycles. The Morgan fingerprint density at radius 3 is 2.26 bits per heavy atom. The van der Waals surface area contributed by atoms with Crippen LogP contribution in [0.3, 0.4) is 0 Å². The second kappa shape index (κ2) is 5.50. The van der Waals surface area contributed by atoms with E-state index in [-0.39, 0.29) is 18.8 Å². The number of rotatable bonds is 1. The summed E-state index contributed by atoms with van der Waals surface area (Å²) in [5.41, 5.74) is 6.54. The molecular weight excluding hydrogens is 255 g/mol. The molecule has 2 rings (SSSR count). The second-order valence-electron chi connectivity index (χ2n) is 4.61. The maximum atomic E-state index is 12.5. The molecule has 1 saturated heterocycles. The number of guanidine groups is 1. The van der Waals surface area contributed by atoms with Gasteiger partial charge in [-0.1, -0.05) is 18.2 Å². The summed E-state index contributed by atoms with van der Waals surface area (Å²) in [7, 11) is 0. The van der Waals surface area contributed by atoms with Crippen molar-refractivity contribution in [3.05, 3.63) is 30.3 Å². The van der Waals surface area contributed by atoms with E-state index in [4.69, 9.17) is 5.73 Å². The van der Waals surface area contributed by atoms with Crippen LogP contribution in [0.15, 0.2) is 35.3 Å². The van der Waals surface area contributed by atoms with E-state index in [1.165, 1.54) is 0 Å². The van der Waals surface area contributed by atoms with E-state index in [0.717, 1.165) is 0 Å². The average Bonchev–Trinajstić information content (AvgIpc) is 2.39. The number of nitrogens with two attached hydrogens (primary N) is 1. The average molecular weight is 271 g/mol. The summed E-state index contributed by atoms with van der Waals surface area (Å²) in [6.07, 6.45) is -3.94. The third kappa shape index (κ3) is 3.62. The SMILES string of the molecule is NC(=Nc1ccccc1)N1CCC(C(F)(F)F)CC1. The fraction of sp³-hybridized carbons (Fsp3) is 0.462. The molecule has 0 atom stereocenters. The molecule has 104 valence electrons. The van der Waals surface area contributed by atoms with E-state index in [2.05, 4.69) is 4.99 Å². The minimum atomic E-state index is -4.10. The lowest BCUT2D eigenvalue weighted by atomic mass is 9.96. The van der Waals surface area contributed by atoms with E-state index in [9.17, 15) is 13.2 Å². The minimum absolute atomic E-state index is 0.0779. The molecule has 2 N–H and O–H groups in total. The molecule has 1 heterocycles. The summed E-state index contributed by atoms with van der Waals surface area (Å²) >= 11 is 0. The molecule has 1 aliphatic rings. The number of alkyl halides is 3. The molecule has 1 aromatic rings. The smallest absolute Gasteiger partial charge is 0.369 e. The van der Waals surface area contributed by atoms with Crippen LogP contribution in [0.1, 0.15) is 12.8 Å². The predicted molar refractivity (Wildman–Crippen MR) is 68.1 cm³/mol. The number of benzene rings is 1. The van der Waals surface area contributed by atoms with Gasteiger partial charge in [0.25, 0.3) is 0 Å². The fourth-order valence-electron chi connectivity index (χ4n) is 2.14. The normalized spacial score (nSPS) is 18.7. The van der Waals surface area contributed by atoms with Gasteiger partial charge in [0.05, 0.1) is 11.6 Å². The minimum Gasteiger partial charge on any atom is -0.369 e. The fourth-order valence-corrected chi connectivity index (χ4v) is 2.14. The number of halogens is 3. The molecule has 0 radical (unpaired) electrons. The van der Waals surface area contributed by atoms with Gasteiger partial charge in [-0.15, -0.1) is 0 Å². The topological polar surface area (TPSA) is 41.6 Å². The molecule has 1 aromatic carbocycles. The molecule has 1 aliphatic heterocycles. The van der Waals surface area contributed by atoms with E-state index in [1.54, 1.807) is 17.0 Å². The Kier molecular flexibility index (Phi) is 3.97. The molecular formula is C13H16F3N3. The van der Waals surface area contributed by atoms with E-state index >= 15 is 0 Å². The molecule has 19 heavy (non-hydrogen) atoms. The van der Waals surface area contributed by atoms with E-state index in [0.29, 0.717) is 18.8 Å². The lowest BCUT2D eigenvalue weighted by molar-refractivity contribution is -0.183. The van der Waals surface area contributed by atoms with Crippen LogP contribution < -0.4 is 5.73 Å². The van der Waals surface area contributed by atoms with Gasteiger partial charge in [0.1, 0.15) is 0 Å².